The van der Waals surface area contributed by atoms with E-state index >= 15 is 0 Å². The van der Waals surface area contributed by atoms with Crippen molar-refractivity contribution in [2.75, 3.05) is 18.1 Å². The number of thiazole rings is 1. The van der Waals surface area contributed by atoms with Crippen molar-refractivity contribution in [2.45, 2.75) is 13.3 Å². The van der Waals surface area contributed by atoms with E-state index in [1.54, 1.807) is 4.90 Å². The first-order chi connectivity index (χ1) is 10.1. The highest BCUT2D eigenvalue weighted by molar-refractivity contribution is 7.22. The number of hydrogen-bond donors (Lipinski definition) is 1. The van der Waals surface area contributed by atoms with Crippen LogP contribution in [-0.2, 0) is 9.59 Å². The molecule has 3 rings (SSSR count). The van der Waals surface area contributed by atoms with Crippen LogP contribution < -0.4 is 15.4 Å². The van der Waals surface area contributed by atoms with Crippen LogP contribution in [0, 0.1) is 5.92 Å². The molecule has 1 aromatic carbocycles. The van der Waals surface area contributed by atoms with Crippen LogP contribution in [0.3, 0.4) is 0 Å². The van der Waals surface area contributed by atoms with Gasteiger partial charge in [-0.1, -0.05) is 11.3 Å². The number of aromatic nitrogens is 1. The van der Waals surface area contributed by atoms with Crippen molar-refractivity contribution >= 4 is 38.5 Å². The number of nitrogens with zero attached hydrogens (tertiary/aromatic N) is 2. The van der Waals surface area contributed by atoms with Crippen LogP contribution in [0.25, 0.3) is 10.2 Å². The predicted octanol–water partition coefficient (Wildman–Crippen LogP) is 1.53. The second kappa shape index (κ2) is 5.33. The summed E-state index contributed by atoms with van der Waals surface area (Å²) in [5.41, 5.74) is 6.09. The lowest BCUT2D eigenvalue weighted by molar-refractivity contribution is -0.123. The minimum absolute atomic E-state index is 0.108. The SMILES string of the molecule is CCOc1ccc2nc(N3CC(C(N)=O)CC3=O)sc2c1. The molecule has 0 bridgehead atoms. The van der Waals surface area contributed by atoms with Gasteiger partial charge in [0.25, 0.3) is 0 Å². The Morgan fingerprint density at radius 3 is 3.05 bits per heavy atom. The number of amides is 2. The van der Waals surface area contributed by atoms with Crippen LogP contribution in [0.1, 0.15) is 13.3 Å². The number of nitrogens with two attached hydrogens (primary N) is 1. The molecule has 110 valence electrons. The van der Waals surface area contributed by atoms with E-state index in [1.165, 1.54) is 11.3 Å². The molecule has 1 aliphatic heterocycles. The molecule has 1 saturated heterocycles. The van der Waals surface area contributed by atoms with Gasteiger partial charge in [0.15, 0.2) is 5.13 Å². The molecule has 1 atom stereocenters. The fourth-order valence-corrected chi connectivity index (χ4v) is 3.37. The number of ether oxygens (including phenoxy) is 1. The number of carbonyl (C=O) groups excluding carboxylic acids is 2. The van der Waals surface area contributed by atoms with E-state index in [2.05, 4.69) is 4.98 Å². The Bertz CT molecular complexity index is 713. The lowest BCUT2D eigenvalue weighted by Gasteiger charge is -2.11. The molecule has 1 aliphatic rings. The van der Waals surface area contributed by atoms with Gasteiger partial charge >= 0.3 is 0 Å². The van der Waals surface area contributed by atoms with Gasteiger partial charge in [-0.25, -0.2) is 4.98 Å². The van der Waals surface area contributed by atoms with Crippen molar-refractivity contribution in [3.63, 3.8) is 0 Å². The van der Waals surface area contributed by atoms with Crippen molar-refractivity contribution < 1.29 is 14.3 Å². The Kier molecular flexibility index (Phi) is 3.50. The molecule has 2 amide bonds. The lowest BCUT2D eigenvalue weighted by Crippen LogP contribution is -2.28. The third-order valence-corrected chi connectivity index (χ3v) is 4.46. The first kappa shape index (κ1) is 13.8. The van der Waals surface area contributed by atoms with Crippen molar-refractivity contribution in [3.8, 4) is 5.75 Å². The maximum atomic E-state index is 12.0. The minimum Gasteiger partial charge on any atom is -0.494 e. The molecule has 2 aromatic rings. The van der Waals surface area contributed by atoms with Crippen LogP contribution in [-0.4, -0.2) is 29.9 Å². The Morgan fingerprint density at radius 2 is 2.38 bits per heavy atom. The Hall–Kier alpha value is -2.15. The number of carbonyl (C=O) groups is 2. The third-order valence-electron chi connectivity index (χ3n) is 3.42. The molecule has 1 unspecified atom stereocenters. The fourth-order valence-electron chi connectivity index (χ4n) is 2.35. The molecule has 0 radical (unpaired) electrons. The van der Waals surface area contributed by atoms with Crippen molar-refractivity contribution in [2.24, 2.45) is 11.7 Å². The fraction of sp³-hybridized carbons (Fsp3) is 0.357. The molecule has 21 heavy (non-hydrogen) atoms. The smallest absolute Gasteiger partial charge is 0.229 e. The van der Waals surface area contributed by atoms with E-state index < -0.39 is 11.8 Å². The summed E-state index contributed by atoms with van der Waals surface area (Å²) in [4.78, 5) is 29.2. The molecular weight excluding hydrogens is 290 g/mol. The van der Waals surface area contributed by atoms with Gasteiger partial charge in [-0.05, 0) is 25.1 Å². The maximum absolute atomic E-state index is 12.0. The highest BCUT2D eigenvalue weighted by Crippen LogP contribution is 2.34. The Labute approximate surface area is 125 Å². The summed E-state index contributed by atoms with van der Waals surface area (Å²) in [6, 6.07) is 5.63. The van der Waals surface area contributed by atoms with Gasteiger partial charge in [0, 0.05) is 13.0 Å². The standard InChI is InChI=1S/C14H15N3O3S/c1-2-20-9-3-4-10-11(6-9)21-14(16-10)17-7-8(13(15)19)5-12(17)18/h3-4,6,8H,2,5,7H2,1H3,(H2,15,19). The summed E-state index contributed by atoms with van der Waals surface area (Å²) >= 11 is 1.41. The third kappa shape index (κ3) is 2.56. The predicted molar refractivity (Wildman–Crippen MR) is 80.4 cm³/mol. The molecule has 6 nitrogen and oxygen atoms in total. The van der Waals surface area contributed by atoms with Crippen LogP contribution in [0.4, 0.5) is 5.13 Å². The molecule has 7 heteroatoms. The monoisotopic (exact) mass is 305 g/mol. The molecule has 0 saturated carbocycles. The summed E-state index contributed by atoms with van der Waals surface area (Å²) in [5, 5.41) is 0.604. The number of fused-ring (bicyclic) bond motifs is 1. The highest BCUT2D eigenvalue weighted by atomic mass is 32.1. The largest absolute Gasteiger partial charge is 0.494 e. The number of benzene rings is 1. The summed E-state index contributed by atoms with van der Waals surface area (Å²) in [6.07, 6.45) is 0.162. The normalized spacial score (nSPS) is 18.4. The first-order valence-electron chi connectivity index (χ1n) is 6.71. The van der Waals surface area contributed by atoms with Gasteiger partial charge in [-0.15, -0.1) is 0 Å². The van der Waals surface area contributed by atoms with Crippen LogP contribution in [0.2, 0.25) is 0 Å². The quantitative estimate of drug-likeness (QED) is 0.928. The number of rotatable bonds is 4. The zero-order chi connectivity index (χ0) is 15.0. The second-order valence-corrected chi connectivity index (χ2v) is 5.88. The van der Waals surface area contributed by atoms with Crippen molar-refractivity contribution in [1.82, 2.24) is 4.98 Å². The van der Waals surface area contributed by atoms with Gasteiger partial charge < -0.3 is 10.5 Å². The van der Waals surface area contributed by atoms with Gasteiger partial charge in [0.1, 0.15) is 5.75 Å². The highest BCUT2D eigenvalue weighted by Gasteiger charge is 2.35. The molecule has 0 spiro atoms. The van der Waals surface area contributed by atoms with E-state index in [1.807, 2.05) is 25.1 Å². The Balaban J connectivity index is 1.90. The molecule has 1 fully saturated rings. The molecule has 2 heterocycles. The zero-order valence-corrected chi connectivity index (χ0v) is 12.4. The van der Waals surface area contributed by atoms with Crippen LogP contribution in [0.5, 0.6) is 5.75 Å². The zero-order valence-electron chi connectivity index (χ0n) is 11.5. The van der Waals surface area contributed by atoms with Crippen molar-refractivity contribution in [1.29, 1.82) is 0 Å². The molecular formula is C14H15N3O3S. The number of hydrogen-bond acceptors (Lipinski definition) is 5. The lowest BCUT2D eigenvalue weighted by atomic mass is 10.1. The van der Waals surface area contributed by atoms with Crippen molar-refractivity contribution in [3.05, 3.63) is 18.2 Å². The first-order valence-corrected chi connectivity index (χ1v) is 7.53. The maximum Gasteiger partial charge on any atom is 0.229 e. The van der Waals surface area contributed by atoms with E-state index in [0.29, 0.717) is 18.3 Å². The number of anilines is 1. The van der Waals surface area contributed by atoms with E-state index in [-0.39, 0.29) is 12.3 Å². The van der Waals surface area contributed by atoms with Gasteiger partial charge in [0.05, 0.1) is 22.7 Å². The molecule has 0 aliphatic carbocycles. The van der Waals surface area contributed by atoms with Crippen LogP contribution >= 0.6 is 11.3 Å². The van der Waals surface area contributed by atoms with E-state index in [0.717, 1.165) is 16.0 Å². The topological polar surface area (TPSA) is 85.5 Å². The Morgan fingerprint density at radius 1 is 1.57 bits per heavy atom. The van der Waals surface area contributed by atoms with E-state index in [9.17, 15) is 9.59 Å². The summed E-state index contributed by atoms with van der Waals surface area (Å²) < 4.78 is 6.41. The van der Waals surface area contributed by atoms with Gasteiger partial charge in [-0.2, -0.15) is 0 Å². The average molecular weight is 305 g/mol. The van der Waals surface area contributed by atoms with Crippen LogP contribution in [0.15, 0.2) is 18.2 Å². The summed E-state index contributed by atoms with van der Waals surface area (Å²) in [7, 11) is 0. The minimum atomic E-state index is -0.439. The second-order valence-electron chi connectivity index (χ2n) is 4.87. The summed E-state index contributed by atoms with van der Waals surface area (Å²) in [5.74, 6) is -0.195. The summed E-state index contributed by atoms with van der Waals surface area (Å²) in [6.45, 7) is 2.84. The van der Waals surface area contributed by atoms with Gasteiger partial charge in [0.2, 0.25) is 11.8 Å². The average Bonchev–Trinajstić information content (AvgIpc) is 3.01. The molecule has 1 aromatic heterocycles. The number of primary amides is 1. The van der Waals surface area contributed by atoms with E-state index in [4.69, 9.17) is 10.5 Å². The molecule has 2 N–H and O–H groups in total. The van der Waals surface area contributed by atoms with Gasteiger partial charge in [-0.3, -0.25) is 14.5 Å².